The third-order valence-electron chi connectivity index (χ3n) is 2.77. The Bertz CT molecular complexity index is 710. The van der Waals surface area contributed by atoms with Crippen LogP contribution < -0.4 is 10.9 Å². The number of hydrogen-bond acceptors (Lipinski definition) is 3. The predicted molar refractivity (Wildman–Crippen MR) is 79.8 cm³/mol. The Morgan fingerprint density at radius 2 is 2.10 bits per heavy atom. The number of benzene rings is 1. The molecule has 0 aliphatic heterocycles. The molecule has 0 unspecified atom stereocenters. The Morgan fingerprint density at radius 3 is 2.75 bits per heavy atom. The number of nitrogens with one attached hydrogen (secondary N) is 1. The van der Waals surface area contributed by atoms with Crippen LogP contribution in [0.2, 0.25) is 0 Å². The second-order valence-electron chi connectivity index (χ2n) is 4.36. The first-order valence-electron chi connectivity index (χ1n) is 5.89. The highest BCUT2D eigenvalue weighted by molar-refractivity contribution is 9.10. The summed E-state index contributed by atoms with van der Waals surface area (Å²) in [4.78, 5) is 23.1. The molecule has 5 nitrogen and oxygen atoms in total. The zero-order valence-corrected chi connectivity index (χ0v) is 12.3. The highest BCUT2D eigenvalue weighted by Crippen LogP contribution is 2.22. The van der Waals surface area contributed by atoms with Crippen molar-refractivity contribution in [2.24, 2.45) is 7.05 Å². The van der Waals surface area contributed by atoms with Crippen molar-refractivity contribution in [1.29, 1.82) is 0 Å². The van der Waals surface area contributed by atoms with Gasteiger partial charge in [-0.3, -0.25) is 9.59 Å². The molecule has 0 aliphatic rings. The van der Waals surface area contributed by atoms with Crippen LogP contribution in [0.3, 0.4) is 0 Å². The van der Waals surface area contributed by atoms with Crippen molar-refractivity contribution in [3.63, 3.8) is 0 Å². The van der Waals surface area contributed by atoms with Crippen LogP contribution in [0.1, 0.15) is 5.56 Å². The summed E-state index contributed by atoms with van der Waals surface area (Å²) >= 11 is 3.24. The fraction of sp³-hybridized carbons (Fsp3) is 0.143. The number of halogens is 1. The molecule has 0 saturated carbocycles. The van der Waals surface area contributed by atoms with Crippen molar-refractivity contribution in [2.75, 3.05) is 5.32 Å². The molecule has 104 valence electrons. The average Bonchev–Trinajstić information content (AvgIpc) is 2.37. The van der Waals surface area contributed by atoms with Gasteiger partial charge in [0.15, 0.2) is 0 Å². The topological polar surface area (TPSA) is 71.3 Å². The molecule has 0 bridgehead atoms. The van der Waals surface area contributed by atoms with E-state index in [4.69, 9.17) is 0 Å². The van der Waals surface area contributed by atoms with E-state index in [1.165, 1.54) is 16.7 Å². The van der Waals surface area contributed by atoms with E-state index in [0.717, 1.165) is 4.47 Å². The van der Waals surface area contributed by atoms with Crippen LogP contribution in [-0.4, -0.2) is 15.6 Å². The molecular formula is C14H13BrN2O3. The average molecular weight is 337 g/mol. The zero-order chi connectivity index (χ0) is 14.7. The SMILES string of the molecule is Cn1cc(NC(=O)Cc2ccc(Br)cc2O)ccc1=O. The minimum atomic E-state index is -0.263. The lowest BCUT2D eigenvalue weighted by molar-refractivity contribution is -0.115. The van der Waals surface area contributed by atoms with Gasteiger partial charge in [0, 0.05) is 29.3 Å². The number of aromatic hydroxyl groups is 1. The molecule has 0 atom stereocenters. The summed E-state index contributed by atoms with van der Waals surface area (Å²) in [7, 11) is 1.61. The van der Waals surface area contributed by atoms with Crippen LogP contribution >= 0.6 is 15.9 Å². The normalized spacial score (nSPS) is 10.3. The van der Waals surface area contributed by atoms with Gasteiger partial charge < -0.3 is 15.0 Å². The smallest absolute Gasteiger partial charge is 0.250 e. The number of carbonyl (C=O) groups excluding carboxylic acids is 1. The Balaban J connectivity index is 2.08. The molecule has 0 saturated heterocycles. The number of anilines is 1. The fourth-order valence-corrected chi connectivity index (χ4v) is 2.08. The molecule has 1 heterocycles. The number of aromatic nitrogens is 1. The van der Waals surface area contributed by atoms with Crippen molar-refractivity contribution in [3.05, 3.63) is 56.9 Å². The van der Waals surface area contributed by atoms with Gasteiger partial charge in [-0.05, 0) is 18.2 Å². The summed E-state index contributed by atoms with van der Waals surface area (Å²) in [5.74, 6) is -0.198. The van der Waals surface area contributed by atoms with Crippen molar-refractivity contribution in [3.8, 4) is 5.75 Å². The summed E-state index contributed by atoms with van der Waals surface area (Å²) in [5.41, 5.74) is 0.928. The van der Waals surface area contributed by atoms with Crippen LogP contribution in [0.4, 0.5) is 5.69 Å². The molecule has 1 aromatic carbocycles. The van der Waals surface area contributed by atoms with E-state index >= 15 is 0 Å². The van der Waals surface area contributed by atoms with Crippen LogP contribution in [0.25, 0.3) is 0 Å². The number of phenols is 1. The van der Waals surface area contributed by atoms with Gasteiger partial charge in [0.2, 0.25) is 11.5 Å². The maximum Gasteiger partial charge on any atom is 0.250 e. The Labute approximate surface area is 124 Å². The standard InChI is InChI=1S/C14H13BrN2O3/c1-17-8-11(4-5-14(17)20)16-13(19)6-9-2-3-10(15)7-12(9)18/h2-5,7-8,18H,6H2,1H3,(H,16,19). The molecule has 0 spiro atoms. The highest BCUT2D eigenvalue weighted by Gasteiger charge is 2.08. The number of pyridine rings is 1. The van der Waals surface area contributed by atoms with Gasteiger partial charge in [-0.2, -0.15) is 0 Å². The highest BCUT2D eigenvalue weighted by atomic mass is 79.9. The first kappa shape index (κ1) is 14.3. The third-order valence-corrected chi connectivity index (χ3v) is 3.26. The van der Waals surface area contributed by atoms with Gasteiger partial charge in [-0.1, -0.05) is 22.0 Å². The summed E-state index contributed by atoms with van der Waals surface area (Å²) < 4.78 is 2.13. The van der Waals surface area contributed by atoms with Crippen LogP contribution in [0.5, 0.6) is 5.75 Å². The number of rotatable bonds is 3. The monoisotopic (exact) mass is 336 g/mol. The molecule has 20 heavy (non-hydrogen) atoms. The number of carbonyl (C=O) groups is 1. The van der Waals surface area contributed by atoms with Gasteiger partial charge in [0.25, 0.3) is 0 Å². The lowest BCUT2D eigenvalue weighted by Gasteiger charge is -2.08. The molecule has 2 N–H and O–H groups in total. The second kappa shape index (κ2) is 5.92. The molecule has 2 rings (SSSR count). The largest absolute Gasteiger partial charge is 0.508 e. The van der Waals surface area contributed by atoms with Crippen molar-refractivity contribution >= 4 is 27.5 Å². The van der Waals surface area contributed by atoms with Crippen molar-refractivity contribution in [1.82, 2.24) is 4.57 Å². The maximum absolute atomic E-state index is 11.9. The van der Waals surface area contributed by atoms with Gasteiger partial charge >= 0.3 is 0 Å². The van der Waals surface area contributed by atoms with Gasteiger partial charge in [-0.25, -0.2) is 0 Å². The summed E-state index contributed by atoms with van der Waals surface area (Å²) in [5, 5.41) is 12.4. The second-order valence-corrected chi connectivity index (χ2v) is 5.28. The minimum absolute atomic E-state index is 0.0575. The zero-order valence-electron chi connectivity index (χ0n) is 10.8. The van der Waals surface area contributed by atoms with Gasteiger partial charge in [-0.15, -0.1) is 0 Å². The molecule has 2 aromatic rings. The van der Waals surface area contributed by atoms with E-state index in [1.807, 2.05) is 0 Å². The lowest BCUT2D eigenvalue weighted by Crippen LogP contribution is -2.19. The Kier molecular flexibility index (Phi) is 4.24. The van der Waals surface area contributed by atoms with E-state index in [2.05, 4.69) is 21.2 Å². The molecule has 0 aliphatic carbocycles. The molecule has 0 fully saturated rings. The first-order chi connectivity index (χ1) is 9.45. The fourth-order valence-electron chi connectivity index (χ4n) is 1.73. The number of aryl methyl sites for hydroxylation is 1. The van der Waals surface area contributed by atoms with Crippen molar-refractivity contribution < 1.29 is 9.90 Å². The number of nitrogens with zero attached hydrogens (tertiary/aromatic N) is 1. The van der Waals surface area contributed by atoms with Gasteiger partial charge in [0.05, 0.1) is 12.1 Å². The predicted octanol–water partition coefficient (Wildman–Crippen LogP) is 2.03. The van der Waals surface area contributed by atoms with E-state index < -0.39 is 0 Å². The summed E-state index contributed by atoms with van der Waals surface area (Å²) in [6, 6.07) is 7.90. The molecule has 0 radical (unpaired) electrons. The van der Waals surface area contributed by atoms with E-state index in [1.54, 1.807) is 31.4 Å². The first-order valence-corrected chi connectivity index (χ1v) is 6.69. The third kappa shape index (κ3) is 3.48. The van der Waals surface area contributed by atoms with Crippen LogP contribution in [0.15, 0.2) is 45.8 Å². The van der Waals surface area contributed by atoms with Crippen LogP contribution in [-0.2, 0) is 18.3 Å². The quantitative estimate of drug-likeness (QED) is 0.900. The molecule has 1 aromatic heterocycles. The van der Waals surface area contributed by atoms with Crippen molar-refractivity contribution in [2.45, 2.75) is 6.42 Å². The molecule has 1 amide bonds. The number of phenolic OH excluding ortho intramolecular Hbond substituents is 1. The van der Waals surface area contributed by atoms with E-state index in [9.17, 15) is 14.7 Å². The number of amides is 1. The summed E-state index contributed by atoms with van der Waals surface area (Å²) in [6.07, 6.45) is 1.60. The van der Waals surface area contributed by atoms with Crippen LogP contribution in [0, 0.1) is 0 Å². The van der Waals surface area contributed by atoms with E-state index in [0.29, 0.717) is 11.3 Å². The Hall–Kier alpha value is -2.08. The molecule has 6 heteroatoms. The van der Waals surface area contributed by atoms with E-state index in [-0.39, 0.29) is 23.6 Å². The Morgan fingerprint density at radius 1 is 1.35 bits per heavy atom. The lowest BCUT2D eigenvalue weighted by atomic mass is 10.1. The van der Waals surface area contributed by atoms with Gasteiger partial charge in [0.1, 0.15) is 5.75 Å². The molecular weight excluding hydrogens is 324 g/mol. The number of hydrogen-bond donors (Lipinski definition) is 2. The summed E-state index contributed by atoms with van der Waals surface area (Å²) in [6.45, 7) is 0. The maximum atomic E-state index is 11.9. The minimum Gasteiger partial charge on any atom is -0.508 e.